The lowest BCUT2D eigenvalue weighted by atomic mass is 10.2. The largest absolute Gasteiger partial charge is 0.460 e. The molecule has 2 unspecified atom stereocenters. The van der Waals surface area contributed by atoms with Gasteiger partial charge in [0.1, 0.15) is 6.61 Å². The van der Waals surface area contributed by atoms with Crippen molar-refractivity contribution in [3.05, 3.63) is 42.0 Å². The van der Waals surface area contributed by atoms with Crippen LogP contribution in [0.25, 0.3) is 6.08 Å². The van der Waals surface area contributed by atoms with Gasteiger partial charge in [-0.05, 0) is 31.4 Å². The van der Waals surface area contributed by atoms with Crippen molar-refractivity contribution in [3.63, 3.8) is 0 Å². The summed E-state index contributed by atoms with van der Waals surface area (Å²) in [5, 5.41) is 0. The van der Waals surface area contributed by atoms with Crippen molar-refractivity contribution in [2.75, 3.05) is 19.8 Å². The van der Waals surface area contributed by atoms with Gasteiger partial charge in [-0.1, -0.05) is 36.4 Å². The lowest BCUT2D eigenvalue weighted by Gasteiger charge is -2.14. The summed E-state index contributed by atoms with van der Waals surface area (Å²) in [7, 11) is 0. The average Bonchev–Trinajstić information content (AvgIpc) is 3.03. The predicted octanol–water partition coefficient (Wildman–Crippen LogP) is 2.83. The summed E-state index contributed by atoms with van der Waals surface area (Å²) >= 11 is 0. The highest BCUT2D eigenvalue weighted by atomic mass is 16.6. The van der Waals surface area contributed by atoms with Gasteiger partial charge in [0.2, 0.25) is 0 Å². The van der Waals surface area contributed by atoms with Crippen LogP contribution in [0.4, 0.5) is 0 Å². The molecule has 114 valence electrons. The number of benzene rings is 1. The van der Waals surface area contributed by atoms with E-state index in [1.807, 2.05) is 42.5 Å². The summed E-state index contributed by atoms with van der Waals surface area (Å²) in [5.41, 5.74) is 1.08. The van der Waals surface area contributed by atoms with Crippen molar-refractivity contribution in [1.29, 1.82) is 0 Å². The number of carbonyl (C=O) groups excluding carboxylic acids is 1. The Morgan fingerprint density at radius 1 is 1.43 bits per heavy atom. The molecule has 1 heterocycles. The first-order chi connectivity index (χ1) is 10.3. The molecule has 1 aromatic carbocycles. The van der Waals surface area contributed by atoms with E-state index in [0.29, 0.717) is 6.61 Å². The molecule has 0 N–H and O–H groups in total. The number of rotatable bonds is 7. The summed E-state index contributed by atoms with van der Waals surface area (Å²) in [5.74, 6) is -0.342. The van der Waals surface area contributed by atoms with Crippen LogP contribution in [0.5, 0.6) is 0 Å². The summed E-state index contributed by atoms with van der Waals surface area (Å²) in [6, 6.07) is 9.88. The van der Waals surface area contributed by atoms with E-state index >= 15 is 0 Å². The Hall–Kier alpha value is -1.65. The quantitative estimate of drug-likeness (QED) is 0.724. The molecular formula is C17H22O4. The highest BCUT2D eigenvalue weighted by Gasteiger charge is 2.20. The maximum atomic E-state index is 11.7. The molecule has 1 aliphatic heterocycles. The molecule has 4 nitrogen and oxygen atoms in total. The third-order valence-corrected chi connectivity index (χ3v) is 3.32. The normalized spacial score (nSPS) is 19.8. The molecule has 0 aliphatic carbocycles. The van der Waals surface area contributed by atoms with Gasteiger partial charge in [-0.2, -0.15) is 0 Å². The van der Waals surface area contributed by atoms with Gasteiger partial charge < -0.3 is 14.2 Å². The molecule has 0 radical (unpaired) electrons. The van der Waals surface area contributed by atoms with Crippen LogP contribution in [0, 0.1) is 0 Å². The Morgan fingerprint density at radius 2 is 2.24 bits per heavy atom. The first-order valence-corrected chi connectivity index (χ1v) is 7.37. The molecule has 1 fully saturated rings. The van der Waals surface area contributed by atoms with Crippen molar-refractivity contribution in [1.82, 2.24) is 0 Å². The van der Waals surface area contributed by atoms with Crippen molar-refractivity contribution < 1.29 is 19.0 Å². The predicted molar refractivity (Wildman–Crippen MR) is 80.8 cm³/mol. The van der Waals surface area contributed by atoms with Crippen LogP contribution in [0.15, 0.2) is 36.4 Å². The topological polar surface area (TPSA) is 44.8 Å². The summed E-state index contributed by atoms with van der Waals surface area (Å²) in [6.45, 7) is 3.20. The highest BCUT2D eigenvalue weighted by molar-refractivity contribution is 5.74. The molecule has 1 aromatic rings. The fourth-order valence-electron chi connectivity index (χ4n) is 2.09. The van der Waals surface area contributed by atoms with Gasteiger partial charge in [-0.3, -0.25) is 0 Å². The molecule has 21 heavy (non-hydrogen) atoms. The van der Waals surface area contributed by atoms with E-state index in [-0.39, 0.29) is 18.7 Å². The molecule has 4 heteroatoms. The van der Waals surface area contributed by atoms with E-state index in [0.717, 1.165) is 25.0 Å². The maximum Gasteiger partial charge on any atom is 0.335 e. The molecule has 2 rings (SSSR count). The number of carbonyl (C=O) groups is 1. The molecule has 0 amide bonds. The molecule has 0 saturated carbocycles. The average molecular weight is 290 g/mol. The minimum absolute atomic E-state index is 0.123. The Bertz CT molecular complexity index is 449. The number of hydrogen-bond donors (Lipinski definition) is 0. The van der Waals surface area contributed by atoms with E-state index in [2.05, 4.69) is 0 Å². The zero-order valence-electron chi connectivity index (χ0n) is 12.4. The Labute approximate surface area is 125 Å². The molecule has 1 aliphatic rings. The highest BCUT2D eigenvalue weighted by Crippen LogP contribution is 2.13. The Morgan fingerprint density at radius 3 is 2.95 bits per heavy atom. The zero-order valence-corrected chi connectivity index (χ0v) is 12.4. The zero-order chi connectivity index (χ0) is 14.9. The summed E-state index contributed by atoms with van der Waals surface area (Å²) < 4.78 is 16.1. The maximum absolute atomic E-state index is 11.7. The second-order valence-electron chi connectivity index (χ2n) is 5.05. The lowest BCUT2D eigenvalue weighted by Crippen LogP contribution is -2.27. The van der Waals surface area contributed by atoms with Gasteiger partial charge in [0, 0.05) is 6.61 Å². The third kappa shape index (κ3) is 5.69. The monoisotopic (exact) mass is 290 g/mol. The first-order valence-electron chi connectivity index (χ1n) is 7.37. The van der Waals surface area contributed by atoms with E-state index in [1.54, 1.807) is 6.92 Å². The van der Waals surface area contributed by atoms with Gasteiger partial charge >= 0.3 is 5.97 Å². The standard InChI is InChI=1S/C17H22O4/c1-14(21-13-16-10-6-11-19-16)17(18)20-12-5-9-15-7-3-2-4-8-15/h2-5,7-9,14,16H,6,10-13H2,1H3/b9-5+. The van der Waals surface area contributed by atoms with Crippen LogP contribution >= 0.6 is 0 Å². The van der Waals surface area contributed by atoms with Gasteiger partial charge in [0.05, 0.1) is 12.7 Å². The second-order valence-corrected chi connectivity index (χ2v) is 5.05. The molecule has 1 saturated heterocycles. The first kappa shape index (κ1) is 15.7. The van der Waals surface area contributed by atoms with Crippen LogP contribution in [0.1, 0.15) is 25.3 Å². The van der Waals surface area contributed by atoms with Crippen LogP contribution in [0.2, 0.25) is 0 Å². The van der Waals surface area contributed by atoms with Gasteiger partial charge in [-0.15, -0.1) is 0 Å². The van der Waals surface area contributed by atoms with Crippen LogP contribution in [0.3, 0.4) is 0 Å². The number of esters is 1. The number of hydrogen-bond acceptors (Lipinski definition) is 4. The van der Waals surface area contributed by atoms with Crippen LogP contribution in [-0.4, -0.2) is 38.0 Å². The Kier molecular flexibility index (Phi) is 6.44. The number of ether oxygens (including phenoxy) is 3. The minimum Gasteiger partial charge on any atom is -0.460 e. The lowest BCUT2D eigenvalue weighted by molar-refractivity contribution is -0.156. The van der Waals surface area contributed by atoms with E-state index in [4.69, 9.17) is 14.2 Å². The van der Waals surface area contributed by atoms with Crippen molar-refractivity contribution in [3.8, 4) is 0 Å². The molecule has 0 spiro atoms. The summed E-state index contributed by atoms with van der Waals surface area (Å²) in [6.07, 6.45) is 5.38. The molecular weight excluding hydrogens is 268 g/mol. The van der Waals surface area contributed by atoms with Crippen molar-refractivity contribution >= 4 is 12.0 Å². The summed E-state index contributed by atoms with van der Waals surface area (Å²) in [4.78, 5) is 11.7. The van der Waals surface area contributed by atoms with Crippen molar-refractivity contribution in [2.45, 2.75) is 32.0 Å². The van der Waals surface area contributed by atoms with Crippen LogP contribution in [-0.2, 0) is 19.0 Å². The van der Waals surface area contributed by atoms with Gasteiger partial charge in [-0.25, -0.2) is 4.79 Å². The molecule has 2 atom stereocenters. The smallest absolute Gasteiger partial charge is 0.335 e. The molecule has 0 aromatic heterocycles. The minimum atomic E-state index is -0.556. The fourth-order valence-corrected chi connectivity index (χ4v) is 2.09. The van der Waals surface area contributed by atoms with Gasteiger partial charge in [0.15, 0.2) is 6.10 Å². The van der Waals surface area contributed by atoms with E-state index < -0.39 is 6.10 Å². The SMILES string of the molecule is CC(OCC1CCCO1)C(=O)OC/C=C/c1ccccc1. The fraction of sp³-hybridized carbons (Fsp3) is 0.471. The van der Waals surface area contributed by atoms with E-state index in [1.165, 1.54) is 0 Å². The second kappa shape index (κ2) is 8.60. The molecule has 0 bridgehead atoms. The Balaban J connectivity index is 1.63. The van der Waals surface area contributed by atoms with Crippen LogP contribution < -0.4 is 0 Å². The van der Waals surface area contributed by atoms with E-state index in [9.17, 15) is 4.79 Å². The van der Waals surface area contributed by atoms with Crippen molar-refractivity contribution in [2.24, 2.45) is 0 Å². The van der Waals surface area contributed by atoms with Gasteiger partial charge in [0.25, 0.3) is 0 Å². The third-order valence-electron chi connectivity index (χ3n) is 3.32.